The monoisotopic (exact) mass is 329 g/mol. The number of thioether (sulfide) groups is 1. The topological polar surface area (TPSA) is 38.1 Å². The molecular weight excluding hydrogens is 306 g/mol. The molecule has 0 saturated heterocycles. The van der Waals surface area contributed by atoms with Crippen LogP contribution in [0.3, 0.4) is 0 Å². The molecule has 0 atom stereocenters. The van der Waals surface area contributed by atoms with Gasteiger partial charge in [0, 0.05) is 36.2 Å². The Balaban J connectivity index is 1.79. The van der Waals surface area contributed by atoms with Crippen molar-refractivity contribution in [1.82, 2.24) is 14.5 Å². The maximum atomic E-state index is 12.8. The highest BCUT2D eigenvalue weighted by atomic mass is 32.2. The zero-order valence-corrected chi connectivity index (χ0v) is 14.6. The molecule has 2 aromatic rings. The van der Waals surface area contributed by atoms with Crippen LogP contribution in [-0.2, 0) is 0 Å². The fourth-order valence-corrected chi connectivity index (χ4v) is 3.88. The molecule has 0 unspecified atom stereocenters. The van der Waals surface area contributed by atoms with Crippen molar-refractivity contribution in [2.45, 2.75) is 43.8 Å². The molecule has 0 radical (unpaired) electrons. The summed E-state index contributed by atoms with van der Waals surface area (Å²) in [5.74, 6) is 0.154. The number of carbonyl (C=O) groups is 1. The molecule has 1 heterocycles. The molecule has 3 rings (SSSR count). The zero-order valence-electron chi connectivity index (χ0n) is 13.7. The highest BCUT2D eigenvalue weighted by molar-refractivity contribution is 7.98. The number of hydrogen-bond acceptors (Lipinski definition) is 3. The van der Waals surface area contributed by atoms with E-state index in [0.717, 1.165) is 35.8 Å². The molecule has 1 aliphatic carbocycles. The molecule has 23 heavy (non-hydrogen) atoms. The van der Waals surface area contributed by atoms with Crippen molar-refractivity contribution in [2.24, 2.45) is 0 Å². The quantitative estimate of drug-likeness (QED) is 0.778. The van der Waals surface area contributed by atoms with Crippen LogP contribution in [0, 0.1) is 0 Å². The lowest BCUT2D eigenvalue weighted by Gasteiger charge is -2.27. The molecule has 1 amide bonds. The van der Waals surface area contributed by atoms with Crippen molar-refractivity contribution in [3.8, 4) is 5.69 Å². The second-order valence-corrected chi connectivity index (χ2v) is 6.63. The summed E-state index contributed by atoms with van der Waals surface area (Å²) in [7, 11) is 0. The van der Waals surface area contributed by atoms with Gasteiger partial charge in [0.05, 0.1) is 0 Å². The molecule has 5 heteroatoms. The molecule has 1 aromatic heterocycles. The Kier molecular flexibility index (Phi) is 5.06. The molecule has 0 aliphatic heterocycles. The number of nitrogens with zero attached hydrogens (tertiary/aromatic N) is 3. The Morgan fingerprint density at radius 3 is 2.61 bits per heavy atom. The van der Waals surface area contributed by atoms with Crippen molar-refractivity contribution < 1.29 is 4.79 Å². The van der Waals surface area contributed by atoms with Gasteiger partial charge in [0.1, 0.15) is 0 Å². The van der Waals surface area contributed by atoms with Gasteiger partial charge in [0.2, 0.25) is 0 Å². The van der Waals surface area contributed by atoms with E-state index in [4.69, 9.17) is 0 Å². The molecule has 0 N–H and O–H groups in total. The Morgan fingerprint density at radius 1 is 1.30 bits per heavy atom. The molecule has 0 spiro atoms. The van der Waals surface area contributed by atoms with Crippen LogP contribution in [0.5, 0.6) is 0 Å². The Hall–Kier alpha value is -1.75. The van der Waals surface area contributed by atoms with Crippen LogP contribution in [0.2, 0.25) is 0 Å². The van der Waals surface area contributed by atoms with Gasteiger partial charge in [-0.2, -0.15) is 0 Å². The van der Waals surface area contributed by atoms with Gasteiger partial charge < -0.3 is 4.90 Å². The van der Waals surface area contributed by atoms with Crippen LogP contribution in [0.4, 0.5) is 0 Å². The predicted molar refractivity (Wildman–Crippen MR) is 94.3 cm³/mol. The summed E-state index contributed by atoms with van der Waals surface area (Å²) < 4.78 is 2.04. The van der Waals surface area contributed by atoms with Gasteiger partial charge in [-0.3, -0.25) is 9.36 Å². The van der Waals surface area contributed by atoms with E-state index >= 15 is 0 Å². The van der Waals surface area contributed by atoms with E-state index in [0.29, 0.717) is 6.04 Å². The fourth-order valence-electron chi connectivity index (χ4n) is 3.35. The number of amides is 1. The van der Waals surface area contributed by atoms with Gasteiger partial charge in [0.25, 0.3) is 5.91 Å². The minimum absolute atomic E-state index is 0.154. The van der Waals surface area contributed by atoms with Crippen molar-refractivity contribution in [3.63, 3.8) is 0 Å². The van der Waals surface area contributed by atoms with E-state index in [-0.39, 0.29) is 5.91 Å². The highest BCUT2D eigenvalue weighted by Gasteiger charge is 2.26. The Morgan fingerprint density at radius 2 is 2.00 bits per heavy atom. The summed E-state index contributed by atoms with van der Waals surface area (Å²) in [5.41, 5.74) is 1.81. The number of benzene rings is 1. The second kappa shape index (κ2) is 7.21. The molecule has 1 aliphatic rings. The Bertz CT molecular complexity index is 659. The van der Waals surface area contributed by atoms with Gasteiger partial charge >= 0.3 is 0 Å². The van der Waals surface area contributed by atoms with Crippen LogP contribution < -0.4 is 0 Å². The SMILES string of the molecule is CCN(C(=O)c1ccc(-n2ccnc2SC)cc1)C1CCCC1. The van der Waals surface area contributed by atoms with Crippen LogP contribution in [0.1, 0.15) is 43.0 Å². The number of carbonyl (C=O) groups excluding carboxylic acids is 1. The van der Waals surface area contributed by atoms with E-state index < -0.39 is 0 Å². The minimum Gasteiger partial charge on any atom is -0.336 e. The van der Waals surface area contributed by atoms with Gasteiger partial charge in [-0.05, 0) is 50.3 Å². The van der Waals surface area contributed by atoms with Crippen LogP contribution in [0.25, 0.3) is 5.69 Å². The predicted octanol–water partition coefficient (Wildman–Crippen LogP) is 4.00. The fraction of sp³-hybridized carbons (Fsp3) is 0.444. The summed E-state index contributed by atoms with van der Waals surface area (Å²) in [6, 6.07) is 8.27. The lowest BCUT2D eigenvalue weighted by atomic mass is 10.1. The number of rotatable bonds is 5. The maximum Gasteiger partial charge on any atom is 0.254 e. The summed E-state index contributed by atoms with van der Waals surface area (Å²) in [4.78, 5) is 19.1. The molecule has 0 bridgehead atoms. The Labute approximate surface area is 141 Å². The highest BCUT2D eigenvalue weighted by Crippen LogP contribution is 2.25. The third-order valence-corrected chi connectivity index (χ3v) is 5.22. The van der Waals surface area contributed by atoms with Gasteiger partial charge in [0.15, 0.2) is 5.16 Å². The number of aromatic nitrogens is 2. The number of imidazole rings is 1. The standard InChI is InChI=1S/C18H23N3OS/c1-3-20(15-6-4-5-7-15)17(22)14-8-10-16(11-9-14)21-13-12-19-18(21)23-2/h8-13,15H,3-7H2,1-2H3. The summed E-state index contributed by atoms with van der Waals surface area (Å²) in [5, 5.41) is 0.949. The lowest BCUT2D eigenvalue weighted by Crippen LogP contribution is -2.38. The van der Waals surface area contributed by atoms with Crippen molar-refractivity contribution in [1.29, 1.82) is 0 Å². The zero-order chi connectivity index (χ0) is 16.2. The molecule has 4 nitrogen and oxygen atoms in total. The van der Waals surface area contributed by atoms with Gasteiger partial charge in [-0.1, -0.05) is 24.6 Å². The van der Waals surface area contributed by atoms with Crippen molar-refractivity contribution in [2.75, 3.05) is 12.8 Å². The summed E-state index contributed by atoms with van der Waals surface area (Å²) in [6.07, 6.45) is 10.5. The molecular formula is C18H23N3OS. The first-order valence-corrected chi connectivity index (χ1v) is 9.45. The van der Waals surface area contributed by atoms with E-state index in [2.05, 4.69) is 11.9 Å². The third kappa shape index (κ3) is 3.29. The van der Waals surface area contributed by atoms with Crippen molar-refractivity contribution in [3.05, 3.63) is 42.2 Å². The average Bonchev–Trinajstić information content (AvgIpc) is 3.27. The van der Waals surface area contributed by atoms with Crippen LogP contribution in [0.15, 0.2) is 41.8 Å². The van der Waals surface area contributed by atoms with Crippen LogP contribution in [-0.4, -0.2) is 39.2 Å². The summed E-state index contributed by atoms with van der Waals surface area (Å²) in [6.45, 7) is 2.85. The average molecular weight is 329 g/mol. The van der Waals surface area contributed by atoms with E-state index in [1.54, 1.807) is 18.0 Å². The van der Waals surface area contributed by atoms with Crippen LogP contribution >= 0.6 is 11.8 Å². The molecule has 1 aromatic carbocycles. The smallest absolute Gasteiger partial charge is 0.254 e. The lowest BCUT2D eigenvalue weighted by molar-refractivity contribution is 0.0693. The van der Waals surface area contributed by atoms with E-state index in [1.165, 1.54) is 12.8 Å². The van der Waals surface area contributed by atoms with Crippen molar-refractivity contribution >= 4 is 17.7 Å². The minimum atomic E-state index is 0.154. The maximum absolute atomic E-state index is 12.8. The number of hydrogen-bond donors (Lipinski definition) is 0. The molecule has 1 saturated carbocycles. The van der Waals surface area contributed by atoms with E-state index in [1.807, 2.05) is 46.2 Å². The third-order valence-electron chi connectivity index (χ3n) is 4.55. The van der Waals surface area contributed by atoms with Gasteiger partial charge in [-0.25, -0.2) is 4.98 Å². The van der Waals surface area contributed by atoms with Gasteiger partial charge in [-0.15, -0.1) is 0 Å². The first kappa shape index (κ1) is 16.1. The first-order valence-electron chi connectivity index (χ1n) is 8.23. The van der Waals surface area contributed by atoms with E-state index in [9.17, 15) is 4.79 Å². The normalized spacial score (nSPS) is 15.0. The molecule has 1 fully saturated rings. The second-order valence-electron chi connectivity index (χ2n) is 5.86. The first-order chi connectivity index (χ1) is 11.2. The summed E-state index contributed by atoms with van der Waals surface area (Å²) >= 11 is 1.61. The largest absolute Gasteiger partial charge is 0.336 e. The molecule has 122 valence electrons.